The van der Waals surface area contributed by atoms with Gasteiger partial charge < -0.3 is 15.1 Å². The van der Waals surface area contributed by atoms with Crippen LogP contribution in [0, 0.1) is 5.21 Å². The molecule has 118 valence electrons. The Labute approximate surface area is 128 Å². The van der Waals surface area contributed by atoms with Crippen LogP contribution in [0.3, 0.4) is 0 Å². The fourth-order valence-corrected chi connectivity index (χ4v) is 2.56. The van der Waals surface area contributed by atoms with Crippen molar-refractivity contribution < 1.29 is 27.7 Å². The Balaban J connectivity index is 1.95. The molecule has 1 aromatic carbocycles. The first kappa shape index (κ1) is 16.4. The van der Waals surface area contributed by atoms with Crippen LogP contribution in [0.2, 0.25) is 0 Å². The van der Waals surface area contributed by atoms with Gasteiger partial charge in [0.25, 0.3) is 5.03 Å². The van der Waals surface area contributed by atoms with E-state index in [0.717, 1.165) is 23.9 Å². The zero-order valence-corrected chi connectivity index (χ0v) is 12.0. The maximum atomic E-state index is 12.0. The third-order valence-electron chi connectivity index (χ3n) is 2.68. The van der Waals surface area contributed by atoms with Crippen LogP contribution < -0.4 is 9.47 Å². The van der Waals surface area contributed by atoms with Crippen LogP contribution in [0.25, 0.3) is 0 Å². The summed E-state index contributed by atoms with van der Waals surface area (Å²) in [6.07, 6.45) is -4.31. The topological polar surface area (TPSA) is 56.4 Å². The third-order valence-corrected chi connectivity index (χ3v) is 3.77. The Bertz CT molecular complexity index is 619. The number of nitrogens with zero attached hydrogens (tertiary/aromatic N) is 1. The van der Waals surface area contributed by atoms with E-state index in [1.807, 2.05) is 0 Å². The first-order valence-corrected chi connectivity index (χ1v) is 7.18. The van der Waals surface area contributed by atoms with E-state index in [9.17, 15) is 23.5 Å². The summed E-state index contributed by atoms with van der Waals surface area (Å²) in [6.45, 7) is 0. The molecule has 2 rings (SSSR count). The van der Waals surface area contributed by atoms with Gasteiger partial charge in [-0.15, -0.1) is 13.2 Å². The van der Waals surface area contributed by atoms with Crippen LogP contribution in [0.4, 0.5) is 13.2 Å². The number of hydrogen-bond donors (Lipinski definition) is 1. The van der Waals surface area contributed by atoms with E-state index in [0.29, 0.717) is 15.3 Å². The second-order valence-corrected chi connectivity index (χ2v) is 5.35. The minimum absolute atomic E-state index is 0.200. The molecule has 0 fully saturated rings. The normalized spacial score (nSPS) is 12.9. The van der Waals surface area contributed by atoms with E-state index in [1.165, 1.54) is 18.3 Å². The van der Waals surface area contributed by atoms with Crippen molar-refractivity contribution in [3.63, 3.8) is 0 Å². The molecule has 0 amide bonds. The second kappa shape index (κ2) is 6.89. The molecular weight excluding hydrogens is 319 g/mol. The molecule has 0 saturated carbocycles. The largest absolute Gasteiger partial charge is 0.618 e. The molecule has 1 unspecified atom stereocenters. The van der Waals surface area contributed by atoms with Crippen molar-refractivity contribution in [3.8, 4) is 5.75 Å². The van der Waals surface area contributed by atoms with Crippen LogP contribution in [-0.2, 0) is 0 Å². The highest BCUT2D eigenvalue weighted by Gasteiger charge is 2.31. The highest BCUT2D eigenvalue weighted by Crippen LogP contribution is 2.26. The average molecular weight is 331 g/mol. The van der Waals surface area contributed by atoms with Crippen LogP contribution in [0.1, 0.15) is 11.7 Å². The van der Waals surface area contributed by atoms with Gasteiger partial charge in [0.1, 0.15) is 5.75 Å². The minimum Gasteiger partial charge on any atom is -0.618 e. The number of benzene rings is 1. The highest BCUT2D eigenvalue weighted by atomic mass is 32.2. The number of aliphatic hydroxyl groups excluding tert-OH is 1. The summed E-state index contributed by atoms with van der Waals surface area (Å²) in [7, 11) is 0. The number of thioether (sulfide) groups is 1. The maximum Gasteiger partial charge on any atom is 0.573 e. The zero-order chi connectivity index (χ0) is 16.2. The molecule has 1 N–H and O–H groups in total. The number of alkyl halides is 3. The van der Waals surface area contributed by atoms with Crippen LogP contribution >= 0.6 is 11.8 Å². The van der Waals surface area contributed by atoms with Crippen LogP contribution in [-0.4, -0.2) is 17.2 Å². The van der Waals surface area contributed by atoms with Gasteiger partial charge in [0.15, 0.2) is 6.20 Å². The summed E-state index contributed by atoms with van der Waals surface area (Å²) in [4.78, 5) is 0. The fraction of sp³-hybridized carbons (Fsp3) is 0.214. The number of hydrogen-bond acceptors (Lipinski definition) is 4. The predicted molar refractivity (Wildman–Crippen MR) is 74.2 cm³/mol. The Hall–Kier alpha value is -1.93. The highest BCUT2D eigenvalue weighted by molar-refractivity contribution is 7.99. The van der Waals surface area contributed by atoms with E-state index in [-0.39, 0.29) is 11.5 Å². The van der Waals surface area contributed by atoms with Crippen LogP contribution in [0.5, 0.6) is 5.75 Å². The van der Waals surface area contributed by atoms with Gasteiger partial charge in [-0.05, 0) is 23.8 Å². The molecule has 1 heterocycles. The van der Waals surface area contributed by atoms with E-state index < -0.39 is 12.5 Å². The lowest BCUT2D eigenvalue weighted by atomic mass is 10.1. The van der Waals surface area contributed by atoms with E-state index >= 15 is 0 Å². The number of halogens is 3. The van der Waals surface area contributed by atoms with E-state index in [2.05, 4.69) is 4.74 Å². The first-order chi connectivity index (χ1) is 10.3. The summed E-state index contributed by atoms with van der Waals surface area (Å²) >= 11 is 1.15. The molecule has 2 aromatic rings. The van der Waals surface area contributed by atoms with Crippen LogP contribution in [0.15, 0.2) is 53.7 Å². The summed E-state index contributed by atoms with van der Waals surface area (Å²) in [6, 6.07) is 9.87. The van der Waals surface area contributed by atoms with Gasteiger partial charge in [0.05, 0.1) is 6.10 Å². The lowest BCUT2D eigenvalue weighted by molar-refractivity contribution is -0.645. The molecule has 4 nitrogen and oxygen atoms in total. The molecule has 0 aliphatic rings. The molecule has 1 aromatic heterocycles. The summed E-state index contributed by atoms with van der Waals surface area (Å²) in [5.74, 6) is -0.150. The lowest BCUT2D eigenvalue weighted by Gasteiger charge is -2.12. The van der Waals surface area contributed by atoms with Gasteiger partial charge in [-0.3, -0.25) is 0 Å². The Morgan fingerprint density at radius 1 is 1.18 bits per heavy atom. The van der Waals surface area contributed by atoms with Gasteiger partial charge in [-0.25, -0.2) is 0 Å². The molecule has 0 aliphatic heterocycles. The van der Waals surface area contributed by atoms with Gasteiger partial charge in [-0.1, -0.05) is 23.9 Å². The molecule has 0 bridgehead atoms. The minimum atomic E-state index is -4.74. The fourth-order valence-electron chi connectivity index (χ4n) is 1.68. The monoisotopic (exact) mass is 331 g/mol. The van der Waals surface area contributed by atoms with Crippen molar-refractivity contribution in [2.24, 2.45) is 0 Å². The molecular formula is C14H12F3NO3S. The van der Waals surface area contributed by atoms with E-state index in [1.54, 1.807) is 18.2 Å². The Morgan fingerprint density at radius 2 is 1.86 bits per heavy atom. The zero-order valence-electron chi connectivity index (χ0n) is 11.2. The number of rotatable bonds is 5. The van der Waals surface area contributed by atoms with Gasteiger partial charge in [0, 0.05) is 17.9 Å². The van der Waals surface area contributed by atoms with E-state index in [4.69, 9.17) is 0 Å². The average Bonchev–Trinajstić information content (AvgIpc) is 2.45. The molecule has 0 spiro atoms. The lowest BCUT2D eigenvalue weighted by Crippen LogP contribution is -2.28. The van der Waals surface area contributed by atoms with Gasteiger partial charge in [0.2, 0.25) is 0 Å². The van der Waals surface area contributed by atoms with Crippen molar-refractivity contribution in [3.05, 3.63) is 59.4 Å². The smallest absolute Gasteiger partial charge is 0.573 e. The molecule has 1 atom stereocenters. The third kappa shape index (κ3) is 4.81. The SMILES string of the molecule is [O-][n+]1ccccc1SCC(O)c1ccc(OC(F)(F)F)cc1. The number of ether oxygens (including phenoxy) is 1. The first-order valence-electron chi connectivity index (χ1n) is 6.20. The van der Waals surface area contributed by atoms with Crippen molar-refractivity contribution in [1.82, 2.24) is 0 Å². The predicted octanol–water partition coefficient (Wildman–Crippen LogP) is 3.04. The summed E-state index contributed by atoms with van der Waals surface area (Å²) in [5.41, 5.74) is 0.440. The molecule has 8 heteroatoms. The summed E-state index contributed by atoms with van der Waals surface area (Å²) in [5, 5.41) is 21.9. The van der Waals surface area contributed by atoms with Crippen molar-refractivity contribution in [1.29, 1.82) is 0 Å². The molecule has 0 saturated heterocycles. The van der Waals surface area contributed by atoms with Gasteiger partial charge in [-0.2, -0.15) is 4.73 Å². The Morgan fingerprint density at radius 3 is 2.45 bits per heavy atom. The van der Waals surface area contributed by atoms with Gasteiger partial charge >= 0.3 is 6.36 Å². The van der Waals surface area contributed by atoms with Crippen molar-refractivity contribution >= 4 is 11.8 Å². The van der Waals surface area contributed by atoms with Crippen molar-refractivity contribution in [2.75, 3.05) is 5.75 Å². The maximum absolute atomic E-state index is 12.0. The number of pyridine rings is 1. The quantitative estimate of drug-likeness (QED) is 0.520. The number of aliphatic hydroxyl groups is 1. The second-order valence-electron chi connectivity index (χ2n) is 4.31. The summed E-state index contributed by atoms with van der Waals surface area (Å²) < 4.78 is 40.5. The standard InChI is InChI=1S/C14H12F3NO3S/c15-14(16,17)21-11-6-4-10(5-7-11)12(19)9-22-13-3-1-2-8-18(13)20/h1-8,12,19H,9H2. The molecule has 22 heavy (non-hydrogen) atoms. The van der Waals surface area contributed by atoms with Crippen molar-refractivity contribution in [2.45, 2.75) is 17.5 Å². The molecule has 0 radical (unpaired) electrons. The number of aromatic nitrogens is 1. The molecule has 0 aliphatic carbocycles. The Kier molecular flexibility index (Phi) is 5.15.